The summed E-state index contributed by atoms with van der Waals surface area (Å²) in [7, 11) is 0. The number of hydrogen-bond acceptors (Lipinski definition) is 3. The maximum atomic E-state index is 11.5. The van der Waals surface area contributed by atoms with Crippen LogP contribution in [0.5, 0.6) is 0 Å². The first-order valence-electron chi connectivity index (χ1n) is 6.59. The Labute approximate surface area is 128 Å². The molecule has 2 amide bonds. The van der Waals surface area contributed by atoms with Crippen molar-refractivity contribution < 1.29 is 4.79 Å². The molecule has 0 saturated carbocycles. The zero-order chi connectivity index (χ0) is 15.2. The second-order valence-electron chi connectivity index (χ2n) is 4.82. The lowest BCUT2D eigenvalue weighted by Gasteiger charge is -2.10. The Morgan fingerprint density at radius 1 is 1.10 bits per heavy atom. The lowest BCUT2D eigenvalue weighted by molar-refractivity contribution is 0.250. The number of carbonyl (C=O) groups excluding carboxylic acids is 1. The maximum Gasteiger partial charge on any atom is 0.320 e. The number of halogens is 1. The Bertz CT molecular complexity index is 596. The third-order valence-corrected chi connectivity index (χ3v) is 2.81. The Morgan fingerprint density at radius 3 is 2.33 bits per heavy atom. The van der Waals surface area contributed by atoms with E-state index >= 15 is 0 Å². The highest BCUT2D eigenvalue weighted by molar-refractivity contribution is 6.30. The minimum atomic E-state index is -0.268. The minimum absolute atomic E-state index is 0.0795. The van der Waals surface area contributed by atoms with Crippen molar-refractivity contribution in [2.45, 2.75) is 19.9 Å². The second-order valence-corrected chi connectivity index (χ2v) is 5.25. The molecule has 21 heavy (non-hydrogen) atoms. The zero-order valence-electron chi connectivity index (χ0n) is 11.9. The molecule has 2 rings (SSSR count). The van der Waals surface area contributed by atoms with Crippen LogP contribution in [-0.4, -0.2) is 17.1 Å². The fourth-order valence-electron chi connectivity index (χ4n) is 1.66. The van der Waals surface area contributed by atoms with Crippen LogP contribution < -0.4 is 16.0 Å². The van der Waals surface area contributed by atoms with Crippen LogP contribution in [0.4, 0.5) is 22.0 Å². The summed E-state index contributed by atoms with van der Waals surface area (Å²) in [6.07, 6.45) is 1.65. The highest BCUT2D eigenvalue weighted by Gasteiger charge is 2.04. The molecule has 1 aromatic carbocycles. The Balaban J connectivity index is 1.95. The molecule has 6 heteroatoms. The highest BCUT2D eigenvalue weighted by Crippen LogP contribution is 2.19. The van der Waals surface area contributed by atoms with Crippen molar-refractivity contribution in [3.63, 3.8) is 0 Å². The summed E-state index contributed by atoms with van der Waals surface area (Å²) in [6, 6.07) is 10.8. The summed E-state index contributed by atoms with van der Waals surface area (Å²) < 4.78 is 0. The molecule has 0 fully saturated rings. The molecule has 0 radical (unpaired) electrons. The van der Waals surface area contributed by atoms with Crippen LogP contribution >= 0.6 is 11.6 Å². The molecule has 0 atom stereocenters. The third kappa shape index (κ3) is 4.96. The quantitative estimate of drug-likeness (QED) is 0.799. The maximum absolute atomic E-state index is 11.5. The number of hydrogen-bond donors (Lipinski definition) is 3. The van der Waals surface area contributed by atoms with Crippen molar-refractivity contribution in [3.05, 3.63) is 47.6 Å². The van der Waals surface area contributed by atoms with E-state index in [1.54, 1.807) is 12.3 Å². The number of urea groups is 1. The molecule has 110 valence electrons. The van der Waals surface area contributed by atoms with Gasteiger partial charge in [0.05, 0.1) is 11.9 Å². The predicted molar refractivity (Wildman–Crippen MR) is 86.3 cm³/mol. The van der Waals surface area contributed by atoms with Crippen LogP contribution in [0.15, 0.2) is 42.6 Å². The zero-order valence-corrected chi connectivity index (χ0v) is 12.6. The molecular weight excluding hydrogens is 288 g/mol. The summed E-state index contributed by atoms with van der Waals surface area (Å²) in [4.78, 5) is 15.7. The molecule has 1 aromatic heterocycles. The van der Waals surface area contributed by atoms with E-state index in [9.17, 15) is 4.79 Å². The van der Waals surface area contributed by atoms with E-state index in [0.29, 0.717) is 10.8 Å². The van der Waals surface area contributed by atoms with Crippen molar-refractivity contribution in [3.8, 4) is 0 Å². The lowest BCUT2D eigenvalue weighted by Crippen LogP contribution is -2.34. The van der Waals surface area contributed by atoms with Gasteiger partial charge >= 0.3 is 6.03 Å². The van der Waals surface area contributed by atoms with Gasteiger partial charge in [0.2, 0.25) is 0 Å². The number of benzene rings is 1. The predicted octanol–water partition coefficient (Wildman–Crippen LogP) is 4.01. The molecule has 0 aliphatic heterocycles. The van der Waals surface area contributed by atoms with Crippen molar-refractivity contribution >= 4 is 34.8 Å². The first-order valence-corrected chi connectivity index (χ1v) is 6.97. The molecule has 3 N–H and O–H groups in total. The summed E-state index contributed by atoms with van der Waals surface area (Å²) >= 11 is 5.83. The van der Waals surface area contributed by atoms with Gasteiger partial charge in [-0.25, -0.2) is 9.78 Å². The summed E-state index contributed by atoms with van der Waals surface area (Å²) in [5.41, 5.74) is 1.74. The van der Waals surface area contributed by atoms with Crippen LogP contribution in [0.2, 0.25) is 5.02 Å². The molecule has 0 bridgehead atoms. The van der Waals surface area contributed by atoms with Crippen LogP contribution in [0.1, 0.15) is 13.8 Å². The second kappa shape index (κ2) is 6.95. The van der Waals surface area contributed by atoms with Crippen LogP contribution in [0.25, 0.3) is 0 Å². The van der Waals surface area contributed by atoms with E-state index in [-0.39, 0.29) is 12.1 Å². The first kappa shape index (κ1) is 15.1. The molecule has 0 unspecified atom stereocenters. The largest absolute Gasteiger partial charge is 0.354 e. The fraction of sp³-hybridized carbons (Fsp3) is 0.200. The van der Waals surface area contributed by atoms with Gasteiger partial charge < -0.3 is 10.6 Å². The molecule has 5 nitrogen and oxygen atoms in total. The Kier molecular flexibility index (Phi) is 5.00. The van der Waals surface area contributed by atoms with Gasteiger partial charge in [0, 0.05) is 16.8 Å². The van der Waals surface area contributed by atoms with Gasteiger partial charge in [-0.05, 0) is 50.2 Å². The molecule has 0 spiro atoms. The Morgan fingerprint density at radius 2 is 1.76 bits per heavy atom. The molecule has 0 saturated heterocycles. The third-order valence-electron chi connectivity index (χ3n) is 2.56. The monoisotopic (exact) mass is 304 g/mol. The van der Waals surface area contributed by atoms with Gasteiger partial charge in [-0.15, -0.1) is 0 Å². The number of rotatable bonds is 4. The van der Waals surface area contributed by atoms with Crippen LogP contribution in [0.3, 0.4) is 0 Å². The van der Waals surface area contributed by atoms with Crippen LogP contribution in [-0.2, 0) is 0 Å². The van der Waals surface area contributed by atoms with E-state index in [0.717, 1.165) is 11.4 Å². The Hall–Kier alpha value is -2.27. The fourth-order valence-corrected chi connectivity index (χ4v) is 1.78. The van der Waals surface area contributed by atoms with Crippen molar-refractivity contribution in [2.24, 2.45) is 0 Å². The molecule has 0 aliphatic rings. The van der Waals surface area contributed by atoms with Gasteiger partial charge in [-0.1, -0.05) is 11.6 Å². The van der Waals surface area contributed by atoms with Crippen molar-refractivity contribution in [2.75, 3.05) is 10.6 Å². The minimum Gasteiger partial charge on any atom is -0.354 e. The molecule has 0 aliphatic carbocycles. The normalized spacial score (nSPS) is 10.3. The number of pyridine rings is 1. The van der Waals surface area contributed by atoms with Gasteiger partial charge in [0.25, 0.3) is 0 Å². The average molecular weight is 305 g/mol. The number of amides is 2. The topological polar surface area (TPSA) is 66.1 Å². The van der Waals surface area contributed by atoms with E-state index < -0.39 is 0 Å². The number of nitrogens with one attached hydrogen (secondary N) is 3. The van der Waals surface area contributed by atoms with Gasteiger partial charge in [-0.2, -0.15) is 0 Å². The molecule has 2 aromatic rings. The smallest absolute Gasteiger partial charge is 0.320 e. The van der Waals surface area contributed by atoms with Crippen molar-refractivity contribution in [1.82, 2.24) is 10.3 Å². The lowest BCUT2D eigenvalue weighted by atomic mass is 10.3. The first-order chi connectivity index (χ1) is 10.0. The highest BCUT2D eigenvalue weighted by atomic mass is 35.5. The standard InChI is InChI=1S/C15H17ClN4O/c1-10(2)18-15(21)20-14-8-7-13(9-17-14)19-12-5-3-11(16)4-6-12/h3-10,19H,1-2H3,(H2,17,18,20,21). The molecular formula is C15H17ClN4O. The number of anilines is 3. The summed E-state index contributed by atoms with van der Waals surface area (Å²) in [5, 5.41) is 9.28. The van der Waals surface area contributed by atoms with Crippen molar-refractivity contribution in [1.29, 1.82) is 0 Å². The SMILES string of the molecule is CC(C)NC(=O)Nc1ccc(Nc2ccc(Cl)cc2)cn1. The van der Waals surface area contributed by atoms with E-state index in [1.165, 1.54) is 0 Å². The van der Waals surface area contributed by atoms with E-state index in [1.807, 2.05) is 44.2 Å². The number of aromatic nitrogens is 1. The summed E-state index contributed by atoms with van der Waals surface area (Å²) in [5.74, 6) is 0.495. The van der Waals surface area contributed by atoms with E-state index in [4.69, 9.17) is 11.6 Å². The van der Waals surface area contributed by atoms with Gasteiger partial charge in [0.15, 0.2) is 0 Å². The average Bonchev–Trinajstić information content (AvgIpc) is 2.42. The van der Waals surface area contributed by atoms with Gasteiger partial charge in [-0.3, -0.25) is 5.32 Å². The van der Waals surface area contributed by atoms with Gasteiger partial charge in [0.1, 0.15) is 5.82 Å². The number of carbonyl (C=O) groups is 1. The molecule has 1 heterocycles. The summed E-state index contributed by atoms with van der Waals surface area (Å²) in [6.45, 7) is 3.79. The number of nitrogens with zero attached hydrogens (tertiary/aromatic N) is 1. The van der Waals surface area contributed by atoms with E-state index in [2.05, 4.69) is 20.9 Å². The van der Waals surface area contributed by atoms with Crippen LogP contribution in [0, 0.1) is 0 Å².